The van der Waals surface area contributed by atoms with Gasteiger partial charge in [-0.1, -0.05) is 31.0 Å². The molecule has 2 rings (SSSR count). The first-order valence-electron chi connectivity index (χ1n) is 7.90. The summed E-state index contributed by atoms with van der Waals surface area (Å²) >= 11 is 6.06. The SMILES string of the molecule is CCC[C@]1(C(=O)O)CCN(C(=O)c2c(F)ccc(C)c2Cl)C[C@@H]1O. The monoisotopic (exact) mass is 357 g/mol. The van der Waals surface area contributed by atoms with Gasteiger partial charge in [-0.3, -0.25) is 9.59 Å². The number of benzene rings is 1. The van der Waals surface area contributed by atoms with Crippen LogP contribution in [-0.4, -0.2) is 46.2 Å². The number of halogens is 2. The molecule has 2 N–H and O–H groups in total. The molecule has 0 saturated carbocycles. The predicted molar refractivity (Wildman–Crippen MR) is 87.7 cm³/mol. The van der Waals surface area contributed by atoms with Crippen LogP contribution in [0.1, 0.15) is 42.1 Å². The van der Waals surface area contributed by atoms with Crippen LogP contribution in [0, 0.1) is 18.2 Å². The van der Waals surface area contributed by atoms with Crippen LogP contribution in [0.15, 0.2) is 12.1 Å². The van der Waals surface area contributed by atoms with Gasteiger partial charge in [-0.15, -0.1) is 0 Å². The molecule has 7 heteroatoms. The molecule has 2 atom stereocenters. The maximum absolute atomic E-state index is 14.0. The number of aryl methyl sites for hydroxylation is 1. The van der Waals surface area contributed by atoms with E-state index in [1.807, 2.05) is 6.92 Å². The summed E-state index contributed by atoms with van der Waals surface area (Å²) in [5.74, 6) is -2.42. The van der Waals surface area contributed by atoms with Crippen molar-refractivity contribution in [2.45, 2.75) is 39.2 Å². The van der Waals surface area contributed by atoms with E-state index in [9.17, 15) is 24.2 Å². The zero-order valence-corrected chi connectivity index (χ0v) is 14.4. The van der Waals surface area contributed by atoms with Gasteiger partial charge in [-0.05, 0) is 31.4 Å². The van der Waals surface area contributed by atoms with E-state index in [1.165, 1.54) is 17.0 Å². The molecule has 1 heterocycles. The molecule has 1 amide bonds. The Labute approximate surface area is 145 Å². The van der Waals surface area contributed by atoms with Crippen molar-refractivity contribution in [3.8, 4) is 0 Å². The quantitative estimate of drug-likeness (QED) is 0.868. The van der Waals surface area contributed by atoms with Crippen LogP contribution in [0.2, 0.25) is 5.02 Å². The summed E-state index contributed by atoms with van der Waals surface area (Å²) in [6, 6.07) is 2.66. The molecule has 1 aliphatic heterocycles. The zero-order chi connectivity index (χ0) is 18.1. The minimum atomic E-state index is -1.26. The first-order chi connectivity index (χ1) is 11.2. The summed E-state index contributed by atoms with van der Waals surface area (Å²) in [7, 11) is 0. The highest BCUT2D eigenvalue weighted by molar-refractivity contribution is 6.34. The lowest BCUT2D eigenvalue weighted by molar-refractivity contribution is -0.162. The molecular weight excluding hydrogens is 337 g/mol. The number of amides is 1. The summed E-state index contributed by atoms with van der Waals surface area (Å²) in [6.07, 6.45) is -0.159. The van der Waals surface area contributed by atoms with Crippen LogP contribution in [0.4, 0.5) is 4.39 Å². The van der Waals surface area contributed by atoms with Crippen LogP contribution >= 0.6 is 11.6 Å². The second kappa shape index (κ2) is 7.07. The van der Waals surface area contributed by atoms with Gasteiger partial charge < -0.3 is 15.1 Å². The minimum absolute atomic E-state index is 0.0399. The summed E-state index contributed by atoms with van der Waals surface area (Å²) in [5.41, 5.74) is -0.924. The van der Waals surface area contributed by atoms with Gasteiger partial charge in [0.25, 0.3) is 5.91 Å². The number of nitrogens with zero attached hydrogens (tertiary/aromatic N) is 1. The number of hydrogen-bond acceptors (Lipinski definition) is 3. The zero-order valence-electron chi connectivity index (χ0n) is 13.7. The van der Waals surface area contributed by atoms with Gasteiger partial charge in [0.2, 0.25) is 0 Å². The van der Waals surface area contributed by atoms with Gasteiger partial charge in [0.15, 0.2) is 0 Å². The number of rotatable bonds is 4. The second-order valence-electron chi connectivity index (χ2n) is 6.28. The highest BCUT2D eigenvalue weighted by Gasteiger charge is 2.49. The fourth-order valence-electron chi connectivity index (χ4n) is 3.27. The van der Waals surface area contributed by atoms with Gasteiger partial charge >= 0.3 is 5.97 Å². The molecule has 1 aromatic rings. The van der Waals surface area contributed by atoms with Crippen molar-refractivity contribution in [3.63, 3.8) is 0 Å². The summed E-state index contributed by atoms with van der Waals surface area (Å²) in [5, 5.41) is 19.9. The van der Waals surface area contributed by atoms with Crippen LogP contribution in [0.25, 0.3) is 0 Å². The predicted octanol–water partition coefficient (Wildman–Crippen LogP) is 2.87. The summed E-state index contributed by atoms with van der Waals surface area (Å²) in [6.45, 7) is 3.48. The number of aliphatic hydroxyl groups excluding tert-OH is 1. The number of aliphatic hydroxyl groups is 1. The smallest absolute Gasteiger partial charge is 0.312 e. The van der Waals surface area contributed by atoms with Gasteiger partial charge in [0.1, 0.15) is 5.82 Å². The highest BCUT2D eigenvalue weighted by atomic mass is 35.5. The average molecular weight is 358 g/mol. The van der Waals surface area contributed by atoms with Gasteiger partial charge in [0, 0.05) is 13.1 Å². The fourth-order valence-corrected chi connectivity index (χ4v) is 3.50. The molecule has 1 saturated heterocycles. The van der Waals surface area contributed by atoms with Crippen LogP contribution < -0.4 is 0 Å². The lowest BCUT2D eigenvalue weighted by Crippen LogP contribution is -2.56. The van der Waals surface area contributed by atoms with Crippen LogP contribution in [0.3, 0.4) is 0 Å². The molecule has 0 aromatic heterocycles. The number of carboxylic acids is 1. The Morgan fingerprint density at radius 1 is 1.46 bits per heavy atom. The van der Waals surface area contributed by atoms with Gasteiger partial charge in [-0.2, -0.15) is 0 Å². The molecule has 0 radical (unpaired) electrons. The van der Waals surface area contributed by atoms with Crippen molar-refractivity contribution < 1.29 is 24.2 Å². The number of piperidine rings is 1. The number of likely N-dealkylation sites (tertiary alicyclic amines) is 1. The normalized spacial score (nSPS) is 24.0. The maximum atomic E-state index is 14.0. The molecule has 0 spiro atoms. The molecule has 5 nitrogen and oxygen atoms in total. The Bertz CT molecular complexity index is 666. The minimum Gasteiger partial charge on any atom is -0.481 e. The van der Waals surface area contributed by atoms with Crippen molar-refractivity contribution >= 4 is 23.5 Å². The molecule has 0 unspecified atom stereocenters. The Morgan fingerprint density at radius 3 is 2.67 bits per heavy atom. The summed E-state index contributed by atoms with van der Waals surface area (Å²) in [4.78, 5) is 25.5. The van der Waals surface area contributed by atoms with Crippen LogP contribution in [0.5, 0.6) is 0 Å². The molecular formula is C17H21ClFNO4. The van der Waals surface area contributed by atoms with E-state index < -0.39 is 29.2 Å². The molecule has 1 aliphatic rings. The summed E-state index contributed by atoms with van der Waals surface area (Å²) < 4.78 is 14.0. The van der Waals surface area contributed by atoms with E-state index in [0.29, 0.717) is 18.4 Å². The largest absolute Gasteiger partial charge is 0.481 e. The van der Waals surface area contributed by atoms with Crippen molar-refractivity contribution in [3.05, 3.63) is 34.1 Å². The molecule has 1 fully saturated rings. The van der Waals surface area contributed by atoms with E-state index in [4.69, 9.17) is 11.6 Å². The van der Waals surface area contributed by atoms with E-state index in [1.54, 1.807) is 6.92 Å². The van der Waals surface area contributed by atoms with Crippen molar-refractivity contribution in [1.82, 2.24) is 4.90 Å². The second-order valence-corrected chi connectivity index (χ2v) is 6.66. The lowest BCUT2D eigenvalue weighted by atomic mass is 9.72. The average Bonchev–Trinajstić information content (AvgIpc) is 2.53. The number of carboxylic acid groups (broad SMARTS) is 1. The lowest BCUT2D eigenvalue weighted by Gasteiger charge is -2.42. The fraction of sp³-hybridized carbons (Fsp3) is 0.529. The number of hydrogen-bond donors (Lipinski definition) is 2. The van der Waals surface area contributed by atoms with Crippen molar-refractivity contribution in [2.24, 2.45) is 5.41 Å². The first-order valence-corrected chi connectivity index (χ1v) is 8.27. The molecule has 0 bridgehead atoms. The Morgan fingerprint density at radius 2 is 2.12 bits per heavy atom. The topological polar surface area (TPSA) is 77.8 Å². The van der Waals surface area contributed by atoms with Gasteiger partial charge in [0.05, 0.1) is 22.1 Å². The first kappa shape index (κ1) is 18.7. The van der Waals surface area contributed by atoms with E-state index >= 15 is 0 Å². The number of carbonyl (C=O) groups excluding carboxylic acids is 1. The molecule has 1 aromatic carbocycles. The van der Waals surface area contributed by atoms with E-state index in [-0.39, 0.29) is 30.1 Å². The Hall–Kier alpha value is -1.66. The third-order valence-corrected chi connectivity index (χ3v) is 5.25. The molecule has 132 valence electrons. The maximum Gasteiger partial charge on any atom is 0.312 e. The Kier molecular flexibility index (Phi) is 5.50. The van der Waals surface area contributed by atoms with Crippen LogP contribution in [-0.2, 0) is 4.79 Å². The third kappa shape index (κ3) is 3.13. The number of aliphatic carboxylic acids is 1. The van der Waals surface area contributed by atoms with E-state index in [0.717, 1.165) is 0 Å². The number of β-amino-alcohol motifs (C(OH)–C–C–N with tert-alkyl or cyclic N) is 1. The van der Waals surface area contributed by atoms with Crippen molar-refractivity contribution in [1.29, 1.82) is 0 Å². The molecule has 0 aliphatic carbocycles. The van der Waals surface area contributed by atoms with E-state index in [2.05, 4.69) is 0 Å². The van der Waals surface area contributed by atoms with Crippen molar-refractivity contribution in [2.75, 3.05) is 13.1 Å². The number of carbonyl (C=O) groups is 2. The highest BCUT2D eigenvalue weighted by Crippen LogP contribution is 2.38. The standard InChI is InChI=1S/C17H21ClFNO4/c1-3-6-17(16(23)24)7-8-20(9-12(17)21)15(22)13-11(19)5-4-10(2)14(13)18/h4-5,12,21H,3,6-9H2,1-2H3,(H,23,24)/t12-,17-/m0/s1. The molecule has 24 heavy (non-hydrogen) atoms. The third-order valence-electron chi connectivity index (χ3n) is 4.77. The van der Waals surface area contributed by atoms with Gasteiger partial charge in [-0.25, -0.2) is 4.39 Å². The Balaban J connectivity index is 2.27.